The zero-order chi connectivity index (χ0) is 24.6. The molecule has 0 spiro atoms. The molecule has 0 fully saturated rings. The van der Waals surface area contributed by atoms with E-state index in [9.17, 15) is 0 Å². The van der Waals surface area contributed by atoms with Gasteiger partial charge in [0.2, 0.25) is 0 Å². The molecule has 0 heterocycles. The van der Waals surface area contributed by atoms with Crippen LogP contribution in [0.25, 0.3) is 21.3 Å². The third-order valence-corrected chi connectivity index (χ3v) is 6.27. The Hall–Kier alpha value is 0.123. The van der Waals surface area contributed by atoms with Gasteiger partial charge < -0.3 is 21.3 Å². The number of hydrogen-bond donors (Lipinski definition) is 0. The van der Waals surface area contributed by atoms with Crippen LogP contribution in [0.15, 0.2) is 36.4 Å². The molecule has 2 aromatic carbocycles. The number of thioether (sulfide) groups is 2. The van der Waals surface area contributed by atoms with E-state index in [1.807, 2.05) is 0 Å². The number of aryl methyl sites for hydroxylation is 4. The quantitative estimate of drug-likeness (QED) is 0.214. The van der Waals surface area contributed by atoms with Crippen molar-refractivity contribution in [1.29, 1.82) is 0 Å². The zero-order valence-corrected chi connectivity index (χ0v) is 25.9. The molecule has 0 N–H and O–H groups in total. The summed E-state index contributed by atoms with van der Waals surface area (Å²) in [5, 5.41) is 19.3. The summed E-state index contributed by atoms with van der Waals surface area (Å²) >= 11 is 2.54. The second-order valence-electron chi connectivity index (χ2n) is 7.45. The van der Waals surface area contributed by atoms with Crippen molar-refractivity contribution in [2.75, 3.05) is 25.6 Å². The minimum absolute atomic E-state index is 0.0419. The predicted molar refractivity (Wildman–Crippen MR) is 150 cm³/mol. The number of benzene rings is 2. The van der Waals surface area contributed by atoms with Crippen LogP contribution >= 0.6 is 40.5 Å². The van der Waals surface area contributed by atoms with E-state index in [0.717, 1.165) is 37.3 Å². The van der Waals surface area contributed by atoms with E-state index in [1.165, 1.54) is 22.3 Å². The van der Waals surface area contributed by atoms with Crippen molar-refractivity contribution in [3.63, 3.8) is 0 Å². The van der Waals surface area contributed by atoms with Gasteiger partial charge in [-0.2, -0.15) is 11.0 Å². The van der Waals surface area contributed by atoms with Crippen LogP contribution < -0.4 is 0 Å². The van der Waals surface area contributed by atoms with Crippen molar-refractivity contribution in [3.8, 4) is 0 Å². The molecular formula is C24H34Cl2N4S2Zr-4. The summed E-state index contributed by atoms with van der Waals surface area (Å²) in [6.45, 7) is 10.1. The summed E-state index contributed by atoms with van der Waals surface area (Å²) in [6.07, 6.45) is 6.18. The summed E-state index contributed by atoms with van der Waals surface area (Å²) in [7, 11) is 9.87. The number of nitrogens with zero attached hydrogens (tertiary/aromatic N) is 4. The van der Waals surface area contributed by atoms with Crippen LogP contribution in [0.2, 0.25) is 0 Å². The van der Waals surface area contributed by atoms with Crippen LogP contribution in [0.5, 0.6) is 0 Å². The van der Waals surface area contributed by atoms with Gasteiger partial charge in [0, 0.05) is 0 Å². The minimum atomic E-state index is -0.826. The number of halogens is 2. The topological polar surface area (TPSA) is 56.4 Å². The van der Waals surface area contributed by atoms with Gasteiger partial charge in [-0.25, -0.2) is 23.5 Å². The molecule has 0 aliphatic rings. The average molecular weight is 605 g/mol. The van der Waals surface area contributed by atoms with Gasteiger partial charge in [-0.3, -0.25) is 0 Å². The summed E-state index contributed by atoms with van der Waals surface area (Å²) in [4.78, 5) is 0. The normalized spacial score (nSPS) is 12.4. The zero-order valence-electron chi connectivity index (χ0n) is 20.3. The van der Waals surface area contributed by atoms with Gasteiger partial charge in [-0.05, 0) is 40.2 Å². The van der Waals surface area contributed by atoms with Gasteiger partial charge in [0.05, 0.1) is 0 Å². The molecule has 9 heteroatoms. The molecule has 184 valence electrons. The van der Waals surface area contributed by atoms with Crippen LogP contribution in [0, 0.1) is 27.7 Å². The van der Waals surface area contributed by atoms with Crippen molar-refractivity contribution in [3.05, 3.63) is 79.9 Å². The van der Waals surface area contributed by atoms with Crippen LogP contribution in [0.4, 0.5) is 11.4 Å². The third-order valence-electron chi connectivity index (χ3n) is 4.92. The molecule has 0 saturated heterocycles. The first-order chi connectivity index (χ1) is 15.9. The van der Waals surface area contributed by atoms with E-state index in [2.05, 4.69) is 76.6 Å². The van der Waals surface area contributed by atoms with Crippen molar-refractivity contribution in [2.45, 2.75) is 51.5 Å². The van der Waals surface area contributed by atoms with Gasteiger partial charge in [-0.1, -0.05) is 71.5 Å². The van der Waals surface area contributed by atoms with Gasteiger partial charge in [-0.15, -0.1) is 24.5 Å². The van der Waals surface area contributed by atoms with Gasteiger partial charge in [0.25, 0.3) is 0 Å². The molecule has 0 amide bonds. The number of unbranched alkanes of at least 4 members (excludes halogenated alkanes) is 1. The van der Waals surface area contributed by atoms with Gasteiger partial charge >= 0.3 is 37.9 Å². The first kappa shape index (κ1) is 31.2. The third kappa shape index (κ3) is 12.1. The SMILES string of the molecule is CSC([N-]CCCC[N-]C([N-]c1c(C)cccc1C)SC)[N-]c1c(C)cccc1C.[Cl][Zr][Cl]. The summed E-state index contributed by atoms with van der Waals surface area (Å²) in [5.74, 6) is 0. The number of para-hydroxylation sites is 2. The van der Waals surface area contributed by atoms with Crippen LogP contribution in [-0.2, 0) is 20.8 Å². The molecule has 0 aliphatic heterocycles. The molecule has 2 atom stereocenters. The Bertz CT molecular complexity index is 708. The fourth-order valence-corrected chi connectivity index (χ4v) is 4.13. The molecule has 2 aromatic rings. The molecule has 4 nitrogen and oxygen atoms in total. The maximum atomic E-state index is 4.93. The fourth-order valence-electron chi connectivity index (χ4n) is 3.20. The molecule has 0 aliphatic carbocycles. The van der Waals surface area contributed by atoms with Gasteiger partial charge in [0.1, 0.15) is 0 Å². The Labute approximate surface area is 228 Å². The Kier molecular flexibility index (Phi) is 17.4. The Balaban J connectivity index is 0.00000172. The Morgan fingerprint density at radius 3 is 1.27 bits per heavy atom. The van der Waals surface area contributed by atoms with Crippen molar-refractivity contribution < 1.29 is 20.8 Å². The second kappa shape index (κ2) is 18.4. The van der Waals surface area contributed by atoms with Crippen molar-refractivity contribution >= 4 is 51.9 Å². The fraction of sp³-hybridized carbons (Fsp3) is 0.500. The van der Waals surface area contributed by atoms with E-state index in [-0.39, 0.29) is 11.0 Å². The maximum absolute atomic E-state index is 4.93. The first-order valence-corrected chi connectivity index (χ1v) is 19.7. The average Bonchev–Trinajstić information content (AvgIpc) is 2.79. The molecule has 0 bridgehead atoms. The molecular weight excluding hydrogens is 571 g/mol. The van der Waals surface area contributed by atoms with E-state index < -0.39 is 20.8 Å². The summed E-state index contributed by atoms with van der Waals surface area (Å²) < 4.78 is 0. The molecule has 2 rings (SSSR count). The molecule has 0 radical (unpaired) electrons. The van der Waals surface area contributed by atoms with Crippen LogP contribution in [0.1, 0.15) is 35.1 Å². The van der Waals surface area contributed by atoms with E-state index in [0.29, 0.717) is 0 Å². The summed E-state index contributed by atoms with van der Waals surface area (Å²) in [5.41, 5.74) is 6.90. The standard InChI is InChI=1S/C24H34N4S2.2ClH.Zr/c1-17-11-9-12-18(2)21(17)27-23(29-5)25-15-7-8-16-26-24(30-6)28-22-19(3)13-10-14-20(22)4;;;/h9-14,23-24H,7-8,15-16H2,1-6H3;2*1H;/q-4;;;+2/p-2. The Morgan fingerprint density at radius 2 is 1.00 bits per heavy atom. The van der Waals surface area contributed by atoms with E-state index in [4.69, 9.17) is 38.3 Å². The monoisotopic (exact) mass is 602 g/mol. The van der Waals surface area contributed by atoms with Crippen molar-refractivity contribution in [1.82, 2.24) is 0 Å². The van der Waals surface area contributed by atoms with Gasteiger partial charge in [0.15, 0.2) is 0 Å². The van der Waals surface area contributed by atoms with E-state index in [1.54, 1.807) is 23.5 Å². The van der Waals surface area contributed by atoms with Crippen molar-refractivity contribution in [2.24, 2.45) is 0 Å². The Morgan fingerprint density at radius 1 is 0.697 bits per heavy atom. The van der Waals surface area contributed by atoms with E-state index >= 15 is 0 Å². The molecule has 0 saturated carbocycles. The number of hydrogen-bond acceptors (Lipinski definition) is 2. The molecule has 2 unspecified atom stereocenters. The molecule has 33 heavy (non-hydrogen) atoms. The van der Waals surface area contributed by atoms with Crippen LogP contribution in [-0.4, -0.2) is 36.6 Å². The summed E-state index contributed by atoms with van der Waals surface area (Å²) in [6, 6.07) is 12.6. The second-order valence-corrected chi connectivity index (χ2v) is 13.0. The predicted octanol–water partition coefficient (Wildman–Crippen LogP) is 9.83. The number of rotatable bonds is 13. The molecule has 0 aromatic heterocycles. The van der Waals surface area contributed by atoms with Crippen LogP contribution in [0.3, 0.4) is 0 Å². The first-order valence-electron chi connectivity index (χ1n) is 10.8.